The number of carbonyl (C=O) groups is 3. The first-order valence-electron chi connectivity index (χ1n) is 11.1. The molecule has 1 aliphatic rings. The largest absolute Gasteiger partial charge is 0.490 e. The lowest BCUT2D eigenvalue weighted by Crippen LogP contribution is -2.34. The van der Waals surface area contributed by atoms with Crippen molar-refractivity contribution in [1.29, 1.82) is 0 Å². The summed E-state index contributed by atoms with van der Waals surface area (Å²) in [5.41, 5.74) is 2.28. The molecule has 0 unspecified atom stereocenters. The third-order valence-electron chi connectivity index (χ3n) is 5.76. The highest BCUT2D eigenvalue weighted by Gasteiger charge is 2.26. The standard InChI is InChI=1S/C25H30N2O5/c1-2-17-3-5-18(6-4-17)23(28)26-15-16-27-24(29)19-7-11-21(12-8-19)32-22-13-9-20(10-14-22)25(30)31/h3-8,11-12,20,22H,2,9-10,13-16H2,1H3,(H,26,28)(H,27,29)(H,30,31). The Bertz CT molecular complexity index is 916. The van der Waals surface area contributed by atoms with Gasteiger partial charge in [0.15, 0.2) is 0 Å². The lowest BCUT2D eigenvalue weighted by atomic mass is 9.87. The van der Waals surface area contributed by atoms with Crippen LogP contribution in [0, 0.1) is 5.92 Å². The Morgan fingerprint density at radius 1 is 0.844 bits per heavy atom. The molecule has 2 aromatic rings. The van der Waals surface area contributed by atoms with E-state index in [9.17, 15) is 14.4 Å². The van der Waals surface area contributed by atoms with Crippen molar-refractivity contribution >= 4 is 17.8 Å². The van der Waals surface area contributed by atoms with Gasteiger partial charge in [0, 0.05) is 24.2 Å². The van der Waals surface area contributed by atoms with Crippen LogP contribution in [0.4, 0.5) is 0 Å². The molecule has 0 heterocycles. The highest BCUT2D eigenvalue weighted by atomic mass is 16.5. The fourth-order valence-electron chi connectivity index (χ4n) is 3.75. The minimum Gasteiger partial charge on any atom is -0.490 e. The summed E-state index contributed by atoms with van der Waals surface area (Å²) in [4.78, 5) is 35.5. The SMILES string of the molecule is CCc1ccc(C(=O)NCCNC(=O)c2ccc(OC3CCC(C(=O)O)CC3)cc2)cc1. The van der Waals surface area contributed by atoms with Crippen molar-refractivity contribution in [3.63, 3.8) is 0 Å². The minimum absolute atomic E-state index is 0.00654. The van der Waals surface area contributed by atoms with Crippen LogP contribution in [-0.4, -0.2) is 42.1 Å². The van der Waals surface area contributed by atoms with E-state index in [4.69, 9.17) is 9.84 Å². The van der Waals surface area contributed by atoms with Crippen molar-refractivity contribution in [2.45, 2.75) is 45.1 Å². The zero-order chi connectivity index (χ0) is 22.9. The van der Waals surface area contributed by atoms with Gasteiger partial charge in [-0.25, -0.2) is 0 Å². The zero-order valence-corrected chi connectivity index (χ0v) is 18.3. The molecule has 1 fully saturated rings. The summed E-state index contributed by atoms with van der Waals surface area (Å²) in [6.45, 7) is 2.72. The molecule has 2 amide bonds. The van der Waals surface area contributed by atoms with Gasteiger partial charge in [-0.3, -0.25) is 14.4 Å². The first-order valence-corrected chi connectivity index (χ1v) is 11.1. The van der Waals surface area contributed by atoms with Gasteiger partial charge >= 0.3 is 5.97 Å². The van der Waals surface area contributed by atoms with Crippen molar-refractivity contribution in [3.8, 4) is 5.75 Å². The summed E-state index contributed by atoms with van der Waals surface area (Å²) in [5.74, 6) is -0.723. The van der Waals surface area contributed by atoms with Crippen LogP contribution in [-0.2, 0) is 11.2 Å². The number of nitrogens with one attached hydrogen (secondary N) is 2. The number of ether oxygens (including phenoxy) is 1. The van der Waals surface area contributed by atoms with Gasteiger partial charge in [-0.15, -0.1) is 0 Å². The van der Waals surface area contributed by atoms with E-state index in [0.717, 1.165) is 6.42 Å². The van der Waals surface area contributed by atoms with Gasteiger partial charge in [-0.05, 0) is 74.1 Å². The Kier molecular flexibility index (Phi) is 8.25. The molecule has 170 valence electrons. The Morgan fingerprint density at radius 3 is 1.81 bits per heavy atom. The minimum atomic E-state index is -0.732. The first-order chi connectivity index (χ1) is 15.5. The Balaban J connectivity index is 1.38. The van der Waals surface area contributed by atoms with Gasteiger partial charge in [0.1, 0.15) is 5.75 Å². The Hall–Kier alpha value is -3.35. The van der Waals surface area contributed by atoms with E-state index in [1.165, 1.54) is 5.56 Å². The monoisotopic (exact) mass is 438 g/mol. The highest BCUT2D eigenvalue weighted by molar-refractivity contribution is 5.95. The lowest BCUT2D eigenvalue weighted by molar-refractivity contribution is -0.143. The number of carboxylic acids is 1. The predicted octanol–water partition coefficient (Wildman–Crippen LogP) is 3.43. The van der Waals surface area contributed by atoms with Crippen LogP contribution in [0.1, 0.15) is 58.9 Å². The predicted molar refractivity (Wildman–Crippen MR) is 121 cm³/mol. The number of hydrogen-bond acceptors (Lipinski definition) is 4. The Morgan fingerprint density at radius 2 is 1.34 bits per heavy atom. The third kappa shape index (κ3) is 6.57. The molecule has 0 spiro atoms. The molecule has 0 aliphatic heterocycles. The van der Waals surface area contributed by atoms with Crippen LogP contribution in [0.15, 0.2) is 48.5 Å². The molecule has 1 saturated carbocycles. The second kappa shape index (κ2) is 11.3. The molecule has 0 bridgehead atoms. The fraction of sp³-hybridized carbons (Fsp3) is 0.400. The molecule has 7 heteroatoms. The zero-order valence-electron chi connectivity index (χ0n) is 18.3. The van der Waals surface area contributed by atoms with Crippen molar-refractivity contribution in [1.82, 2.24) is 10.6 Å². The summed E-state index contributed by atoms with van der Waals surface area (Å²) in [7, 11) is 0. The molecular formula is C25H30N2O5. The number of carbonyl (C=O) groups excluding carboxylic acids is 2. The van der Waals surface area contributed by atoms with Gasteiger partial charge in [0.25, 0.3) is 11.8 Å². The summed E-state index contributed by atoms with van der Waals surface area (Å²) in [6, 6.07) is 14.4. The van der Waals surface area contributed by atoms with Crippen LogP contribution < -0.4 is 15.4 Å². The number of carboxylic acid groups (broad SMARTS) is 1. The molecule has 1 aliphatic carbocycles. The van der Waals surface area contributed by atoms with Crippen LogP contribution in [0.25, 0.3) is 0 Å². The molecule has 0 saturated heterocycles. The number of aliphatic carboxylic acids is 1. The van der Waals surface area contributed by atoms with Gasteiger partial charge in [-0.2, -0.15) is 0 Å². The van der Waals surface area contributed by atoms with Gasteiger partial charge < -0.3 is 20.5 Å². The maximum Gasteiger partial charge on any atom is 0.306 e. The van der Waals surface area contributed by atoms with Crippen molar-refractivity contribution in [2.75, 3.05) is 13.1 Å². The van der Waals surface area contributed by atoms with Gasteiger partial charge in [0.05, 0.1) is 12.0 Å². The van der Waals surface area contributed by atoms with Crippen LogP contribution >= 0.6 is 0 Å². The van der Waals surface area contributed by atoms with Crippen molar-refractivity contribution in [2.24, 2.45) is 5.92 Å². The number of hydrogen-bond donors (Lipinski definition) is 3. The molecule has 3 rings (SSSR count). The third-order valence-corrected chi connectivity index (χ3v) is 5.76. The molecular weight excluding hydrogens is 408 g/mol. The summed E-state index contributed by atoms with van der Waals surface area (Å²) in [6.07, 6.45) is 3.62. The maximum absolute atomic E-state index is 12.3. The van der Waals surface area contributed by atoms with Crippen LogP contribution in [0.2, 0.25) is 0 Å². The lowest BCUT2D eigenvalue weighted by Gasteiger charge is -2.26. The summed E-state index contributed by atoms with van der Waals surface area (Å²) in [5, 5.41) is 14.7. The molecule has 0 atom stereocenters. The number of rotatable bonds is 9. The molecule has 2 aromatic carbocycles. The quantitative estimate of drug-likeness (QED) is 0.520. The van der Waals surface area contributed by atoms with E-state index < -0.39 is 5.97 Å². The van der Waals surface area contributed by atoms with Crippen molar-refractivity contribution in [3.05, 3.63) is 65.2 Å². The number of amides is 2. The van der Waals surface area contributed by atoms with Crippen LogP contribution in [0.5, 0.6) is 5.75 Å². The maximum atomic E-state index is 12.3. The highest BCUT2D eigenvalue weighted by Crippen LogP contribution is 2.28. The fourth-order valence-corrected chi connectivity index (χ4v) is 3.75. The van der Waals surface area contributed by atoms with Gasteiger partial charge in [0.2, 0.25) is 0 Å². The average molecular weight is 439 g/mol. The normalized spacial score (nSPS) is 17.9. The summed E-state index contributed by atoms with van der Waals surface area (Å²) >= 11 is 0. The molecule has 0 aromatic heterocycles. The topological polar surface area (TPSA) is 105 Å². The number of benzene rings is 2. The molecule has 32 heavy (non-hydrogen) atoms. The van der Waals surface area contributed by atoms with Crippen LogP contribution in [0.3, 0.4) is 0 Å². The molecule has 3 N–H and O–H groups in total. The van der Waals surface area contributed by atoms with E-state index in [0.29, 0.717) is 55.6 Å². The Labute approximate surface area is 188 Å². The van der Waals surface area contributed by atoms with E-state index >= 15 is 0 Å². The molecule has 0 radical (unpaired) electrons. The second-order valence-corrected chi connectivity index (χ2v) is 8.02. The molecule has 7 nitrogen and oxygen atoms in total. The first kappa shape index (κ1) is 23.3. The smallest absolute Gasteiger partial charge is 0.306 e. The number of aryl methyl sites for hydroxylation is 1. The second-order valence-electron chi connectivity index (χ2n) is 8.02. The van der Waals surface area contributed by atoms with Crippen molar-refractivity contribution < 1.29 is 24.2 Å². The van der Waals surface area contributed by atoms with E-state index in [1.807, 2.05) is 12.1 Å². The van der Waals surface area contributed by atoms with E-state index in [2.05, 4.69) is 17.6 Å². The summed E-state index contributed by atoms with van der Waals surface area (Å²) < 4.78 is 5.93. The van der Waals surface area contributed by atoms with E-state index in [-0.39, 0.29) is 23.8 Å². The average Bonchev–Trinajstić information content (AvgIpc) is 2.82. The van der Waals surface area contributed by atoms with E-state index in [1.54, 1.807) is 36.4 Å². The van der Waals surface area contributed by atoms with Gasteiger partial charge in [-0.1, -0.05) is 19.1 Å².